The summed E-state index contributed by atoms with van der Waals surface area (Å²) in [6.45, 7) is 7.94. The van der Waals surface area contributed by atoms with Gasteiger partial charge in [-0.15, -0.1) is 0 Å². The van der Waals surface area contributed by atoms with Crippen molar-refractivity contribution < 1.29 is 9.59 Å². The van der Waals surface area contributed by atoms with E-state index in [4.69, 9.17) is 0 Å². The van der Waals surface area contributed by atoms with Crippen molar-refractivity contribution in [2.45, 2.75) is 33.1 Å². The average molecular weight is 336 g/mol. The van der Waals surface area contributed by atoms with Crippen LogP contribution in [0.15, 0.2) is 54.6 Å². The SMILES string of the molecule is CC(=O)Nc1cccc(NC(=O)/C=C/c2ccc(C(C)(C)C)cc2)c1. The topological polar surface area (TPSA) is 58.2 Å². The van der Waals surface area contributed by atoms with Crippen molar-refractivity contribution in [3.8, 4) is 0 Å². The molecular formula is C21H24N2O2. The Hall–Kier alpha value is -2.88. The van der Waals surface area contributed by atoms with Crippen molar-refractivity contribution in [2.75, 3.05) is 10.6 Å². The molecule has 2 aromatic rings. The van der Waals surface area contributed by atoms with E-state index in [0.29, 0.717) is 11.4 Å². The Kier molecular flexibility index (Phi) is 5.75. The Balaban J connectivity index is 2.00. The van der Waals surface area contributed by atoms with Crippen LogP contribution in [0.4, 0.5) is 11.4 Å². The van der Waals surface area contributed by atoms with Gasteiger partial charge in [-0.1, -0.05) is 51.1 Å². The van der Waals surface area contributed by atoms with E-state index in [1.54, 1.807) is 30.3 Å². The van der Waals surface area contributed by atoms with Gasteiger partial charge < -0.3 is 10.6 Å². The quantitative estimate of drug-likeness (QED) is 0.802. The summed E-state index contributed by atoms with van der Waals surface area (Å²) in [6, 6.07) is 15.2. The largest absolute Gasteiger partial charge is 0.326 e. The molecule has 0 aliphatic carbocycles. The van der Waals surface area contributed by atoms with Crippen LogP contribution in [0.3, 0.4) is 0 Å². The third-order valence-corrected chi connectivity index (χ3v) is 3.65. The van der Waals surface area contributed by atoms with Gasteiger partial charge in [0, 0.05) is 24.4 Å². The minimum absolute atomic E-state index is 0.110. The van der Waals surface area contributed by atoms with Crippen molar-refractivity contribution in [3.63, 3.8) is 0 Å². The molecule has 2 amide bonds. The number of rotatable bonds is 4. The molecule has 0 heterocycles. The lowest BCUT2D eigenvalue weighted by molar-refractivity contribution is -0.114. The van der Waals surface area contributed by atoms with E-state index >= 15 is 0 Å². The number of amides is 2. The fourth-order valence-electron chi connectivity index (χ4n) is 2.33. The van der Waals surface area contributed by atoms with E-state index in [-0.39, 0.29) is 17.2 Å². The van der Waals surface area contributed by atoms with Crippen LogP contribution in [0.25, 0.3) is 6.08 Å². The Morgan fingerprint density at radius 2 is 1.52 bits per heavy atom. The lowest BCUT2D eigenvalue weighted by Crippen LogP contribution is -2.10. The minimum atomic E-state index is -0.222. The van der Waals surface area contributed by atoms with Gasteiger partial charge in [-0.05, 0) is 40.8 Å². The number of carbonyl (C=O) groups excluding carboxylic acids is 2. The molecule has 0 fully saturated rings. The molecule has 0 atom stereocenters. The van der Waals surface area contributed by atoms with Crippen molar-refractivity contribution in [1.29, 1.82) is 0 Å². The fourth-order valence-corrected chi connectivity index (χ4v) is 2.33. The summed E-state index contributed by atoms with van der Waals surface area (Å²) >= 11 is 0. The molecule has 2 rings (SSSR count). The first-order valence-corrected chi connectivity index (χ1v) is 8.21. The van der Waals surface area contributed by atoms with E-state index in [1.807, 2.05) is 12.1 Å². The van der Waals surface area contributed by atoms with Crippen LogP contribution in [0, 0.1) is 0 Å². The number of hydrogen-bond donors (Lipinski definition) is 2. The van der Waals surface area contributed by atoms with E-state index < -0.39 is 0 Å². The maximum absolute atomic E-state index is 12.1. The molecule has 0 radical (unpaired) electrons. The molecule has 0 bridgehead atoms. The molecule has 2 N–H and O–H groups in total. The van der Waals surface area contributed by atoms with Gasteiger partial charge in [0.2, 0.25) is 11.8 Å². The van der Waals surface area contributed by atoms with Crippen LogP contribution in [0.1, 0.15) is 38.8 Å². The van der Waals surface area contributed by atoms with Gasteiger partial charge in [-0.2, -0.15) is 0 Å². The Bertz CT molecular complexity index is 784. The predicted molar refractivity (Wildman–Crippen MR) is 104 cm³/mol. The molecular weight excluding hydrogens is 312 g/mol. The molecule has 4 nitrogen and oxygen atoms in total. The molecule has 25 heavy (non-hydrogen) atoms. The molecule has 0 saturated carbocycles. The monoisotopic (exact) mass is 336 g/mol. The number of anilines is 2. The Morgan fingerprint density at radius 3 is 2.08 bits per heavy atom. The summed E-state index contributed by atoms with van der Waals surface area (Å²) in [5.74, 6) is -0.373. The van der Waals surface area contributed by atoms with Crippen molar-refractivity contribution in [2.24, 2.45) is 0 Å². The summed E-state index contributed by atoms with van der Waals surface area (Å²) in [4.78, 5) is 23.1. The first-order valence-electron chi connectivity index (χ1n) is 8.21. The van der Waals surface area contributed by atoms with Gasteiger partial charge >= 0.3 is 0 Å². The van der Waals surface area contributed by atoms with Crippen LogP contribution in [-0.2, 0) is 15.0 Å². The summed E-state index contributed by atoms with van der Waals surface area (Å²) in [5.41, 5.74) is 3.61. The second kappa shape index (κ2) is 7.79. The van der Waals surface area contributed by atoms with E-state index in [1.165, 1.54) is 18.6 Å². The second-order valence-corrected chi connectivity index (χ2v) is 6.96. The summed E-state index contributed by atoms with van der Waals surface area (Å²) in [7, 11) is 0. The summed E-state index contributed by atoms with van der Waals surface area (Å²) < 4.78 is 0. The fraction of sp³-hybridized carbons (Fsp3) is 0.238. The normalized spacial score (nSPS) is 11.4. The van der Waals surface area contributed by atoms with E-state index in [2.05, 4.69) is 43.5 Å². The summed E-state index contributed by atoms with van der Waals surface area (Å²) in [5, 5.41) is 5.47. The van der Waals surface area contributed by atoms with Crippen molar-refractivity contribution >= 4 is 29.3 Å². The van der Waals surface area contributed by atoms with Crippen LogP contribution in [0.2, 0.25) is 0 Å². The predicted octanol–water partition coefficient (Wildman–Crippen LogP) is 4.59. The third-order valence-electron chi connectivity index (χ3n) is 3.65. The lowest BCUT2D eigenvalue weighted by atomic mass is 9.87. The first kappa shape index (κ1) is 18.5. The molecule has 2 aromatic carbocycles. The van der Waals surface area contributed by atoms with Crippen LogP contribution >= 0.6 is 0 Å². The maximum Gasteiger partial charge on any atom is 0.248 e. The van der Waals surface area contributed by atoms with Crippen molar-refractivity contribution in [1.82, 2.24) is 0 Å². The molecule has 0 aromatic heterocycles. The standard InChI is InChI=1S/C21H24N2O2/c1-15(24)22-18-6-5-7-19(14-18)23-20(25)13-10-16-8-11-17(12-9-16)21(2,3)4/h5-14H,1-4H3,(H,22,24)(H,23,25)/b13-10+. The van der Waals surface area contributed by atoms with Gasteiger partial charge in [0.05, 0.1) is 0 Å². The minimum Gasteiger partial charge on any atom is -0.326 e. The number of nitrogens with one attached hydrogen (secondary N) is 2. The highest BCUT2D eigenvalue weighted by atomic mass is 16.2. The zero-order chi connectivity index (χ0) is 18.4. The molecule has 0 unspecified atom stereocenters. The van der Waals surface area contributed by atoms with E-state index in [0.717, 1.165) is 5.56 Å². The maximum atomic E-state index is 12.1. The second-order valence-electron chi connectivity index (χ2n) is 6.96. The van der Waals surface area contributed by atoms with Crippen LogP contribution < -0.4 is 10.6 Å². The number of carbonyl (C=O) groups is 2. The number of hydrogen-bond acceptors (Lipinski definition) is 2. The number of benzene rings is 2. The molecule has 4 heteroatoms. The zero-order valence-electron chi connectivity index (χ0n) is 15.1. The molecule has 0 saturated heterocycles. The first-order chi connectivity index (χ1) is 11.7. The highest BCUT2D eigenvalue weighted by molar-refractivity contribution is 6.02. The molecule has 130 valence electrons. The zero-order valence-corrected chi connectivity index (χ0v) is 15.1. The van der Waals surface area contributed by atoms with E-state index in [9.17, 15) is 9.59 Å². The smallest absolute Gasteiger partial charge is 0.248 e. The van der Waals surface area contributed by atoms with Gasteiger partial charge in [0.1, 0.15) is 0 Å². The lowest BCUT2D eigenvalue weighted by Gasteiger charge is -2.18. The summed E-state index contributed by atoms with van der Waals surface area (Å²) in [6.07, 6.45) is 3.27. The molecule has 0 spiro atoms. The van der Waals surface area contributed by atoms with Gasteiger partial charge in [0.25, 0.3) is 0 Å². The molecule has 0 aliphatic rings. The van der Waals surface area contributed by atoms with Crippen LogP contribution in [-0.4, -0.2) is 11.8 Å². The highest BCUT2D eigenvalue weighted by Gasteiger charge is 2.12. The van der Waals surface area contributed by atoms with Gasteiger partial charge in [-0.3, -0.25) is 9.59 Å². The molecule has 0 aliphatic heterocycles. The van der Waals surface area contributed by atoms with Gasteiger partial charge in [-0.25, -0.2) is 0 Å². The van der Waals surface area contributed by atoms with Crippen LogP contribution in [0.5, 0.6) is 0 Å². The van der Waals surface area contributed by atoms with Crippen molar-refractivity contribution in [3.05, 3.63) is 65.7 Å². The third kappa shape index (κ3) is 5.92. The highest BCUT2D eigenvalue weighted by Crippen LogP contribution is 2.22. The Labute approximate surface area is 149 Å². The average Bonchev–Trinajstić information content (AvgIpc) is 2.52. The van der Waals surface area contributed by atoms with Gasteiger partial charge in [0.15, 0.2) is 0 Å². The Morgan fingerprint density at radius 1 is 0.920 bits per heavy atom.